The van der Waals surface area contributed by atoms with E-state index in [1.165, 1.54) is 24.3 Å². The van der Waals surface area contributed by atoms with E-state index in [2.05, 4.69) is 5.10 Å². The highest BCUT2D eigenvalue weighted by Crippen LogP contribution is 2.30. The minimum absolute atomic E-state index is 0.152. The molecule has 0 aliphatic rings. The molecule has 0 spiro atoms. The summed E-state index contributed by atoms with van der Waals surface area (Å²) in [5.74, 6) is -1.11. The molecule has 8 heteroatoms. The molecule has 1 aromatic carbocycles. The third-order valence-corrected chi connectivity index (χ3v) is 2.85. The quantitative estimate of drug-likeness (QED) is 0.880. The summed E-state index contributed by atoms with van der Waals surface area (Å²) in [5, 5.41) is 12.3. The Morgan fingerprint density at radius 3 is 2.62 bits per heavy atom. The largest absolute Gasteiger partial charge is 0.478 e. The van der Waals surface area contributed by atoms with E-state index in [-0.39, 0.29) is 10.7 Å². The Hall–Kier alpha value is -2.28. The molecule has 0 radical (unpaired) electrons. The highest BCUT2D eigenvalue weighted by atomic mass is 35.5. The SMILES string of the molecule is O=C(O)/C=C/c1ccc(-n2cc(C(F)(F)F)cn2)c(Cl)c1. The van der Waals surface area contributed by atoms with Gasteiger partial charge in [-0.25, -0.2) is 9.48 Å². The first-order valence-corrected chi connectivity index (χ1v) is 5.98. The van der Waals surface area contributed by atoms with Crippen LogP contribution in [0.5, 0.6) is 0 Å². The molecule has 1 aromatic heterocycles. The highest BCUT2D eigenvalue weighted by molar-refractivity contribution is 6.32. The fourth-order valence-electron chi connectivity index (χ4n) is 1.58. The summed E-state index contributed by atoms with van der Waals surface area (Å²) < 4.78 is 38.5. The summed E-state index contributed by atoms with van der Waals surface area (Å²) in [7, 11) is 0. The van der Waals surface area contributed by atoms with Crippen LogP contribution in [0.4, 0.5) is 13.2 Å². The molecule has 0 saturated carbocycles. The van der Waals surface area contributed by atoms with Crippen molar-refractivity contribution in [3.05, 3.63) is 52.8 Å². The van der Waals surface area contributed by atoms with Gasteiger partial charge in [0, 0.05) is 12.3 Å². The van der Waals surface area contributed by atoms with Gasteiger partial charge in [0.25, 0.3) is 0 Å². The lowest BCUT2D eigenvalue weighted by atomic mass is 10.2. The first-order valence-electron chi connectivity index (χ1n) is 5.60. The van der Waals surface area contributed by atoms with E-state index >= 15 is 0 Å². The predicted molar refractivity (Wildman–Crippen MR) is 70.2 cm³/mol. The van der Waals surface area contributed by atoms with Gasteiger partial charge in [0.2, 0.25) is 0 Å². The molecule has 0 aliphatic carbocycles. The van der Waals surface area contributed by atoms with E-state index in [1.54, 1.807) is 0 Å². The van der Waals surface area contributed by atoms with Crippen LogP contribution in [0.2, 0.25) is 5.02 Å². The van der Waals surface area contributed by atoms with Crippen molar-refractivity contribution < 1.29 is 23.1 Å². The second-order valence-electron chi connectivity index (χ2n) is 4.05. The Labute approximate surface area is 122 Å². The smallest absolute Gasteiger partial charge is 0.419 e. The van der Waals surface area contributed by atoms with Gasteiger partial charge in [0.1, 0.15) is 0 Å². The maximum Gasteiger partial charge on any atom is 0.419 e. The standard InChI is InChI=1S/C13H8ClF3N2O2/c14-10-5-8(2-4-12(20)21)1-3-11(10)19-7-9(6-18-19)13(15,16)17/h1-7H,(H,20,21)/b4-2+. The number of alkyl halides is 3. The molecule has 2 aromatic rings. The summed E-state index contributed by atoms with van der Waals surface area (Å²) in [5.41, 5.74) is -0.109. The van der Waals surface area contributed by atoms with Crippen LogP contribution in [0.15, 0.2) is 36.7 Å². The maximum atomic E-state index is 12.5. The van der Waals surface area contributed by atoms with Crippen molar-refractivity contribution in [3.8, 4) is 5.69 Å². The monoisotopic (exact) mass is 316 g/mol. The highest BCUT2D eigenvalue weighted by Gasteiger charge is 2.32. The minimum atomic E-state index is -4.48. The summed E-state index contributed by atoms with van der Waals surface area (Å²) in [6.45, 7) is 0. The van der Waals surface area contributed by atoms with Gasteiger partial charge in [0.15, 0.2) is 0 Å². The first-order chi connectivity index (χ1) is 9.77. The van der Waals surface area contributed by atoms with Gasteiger partial charge < -0.3 is 5.11 Å². The van der Waals surface area contributed by atoms with Gasteiger partial charge in [0.05, 0.1) is 22.5 Å². The molecular formula is C13H8ClF3N2O2. The second kappa shape index (κ2) is 5.61. The van der Waals surface area contributed by atoms with Crippen LogP contribution in [0, 0.1) is 0 Å². The van der Waals surface area contributed by atoms with Crippen molar-refractivity contribution in [1.29, 1.82) is 0 Å². The zero-order valence-corrected chi connectivity index (χ0v) is 11.1. The molecule has 21 heavy (non-hydrogen) atoms. The maximum absolute atomic E-state index is 12.5. The molecule has 0 amide bonds. The normalized spacial score (nSPS) is 12.0. The number of hydrogen-bond acceptors (Lipinski definition) is 2. The molecule has 2 rings (SSSR count). The van der Waals surface area contributed by atoms with E-state index in [4.69, 9.17) is 16.7 Å². The number of hydrogen-bond donors (Lipinski definition) is 1. The fourth-order valence-corrected chi connectivity index (χ4v) is 1.86. The van der Waals surface area contributed by atoms with Crippen LogP contribution in [-0.4, -0.2) is 20.9 Å². The Kier molecular flexibility index (Phi) is 4.04. The van der Waals surface area contributed by atoms with Gasteiger partial charge in [-0.2, -0.15) is 18.3 Å². The Bertz CT molecular complexity index is 708. The molecule has 1 heterocycles. The average molecular weight is 317 g/mol. The van der Waals surface area contributed by atoms with Crippen molar-refractivity contribution in [2.45, 2.75) is 6.18 Å². The van der Waals surface area contributed by atoms with E-state index in [1.807, 2.05) is 0 Å². The van der Waals surface area contributed by atoms with E-state index in [0.717, 1.165) is 17.0 Å². The van der Waals surface area contributed by atoms with Crippen LogP contribution in [0.1, 0.15) is 11.1 Å². The van der Waals surface area contributed by atoms with Crippen molar-refractivity contribution in [3.63, 3.8) is 0 Å². The van der Waals surface area contributed by atoms with Gasteiger partial charge in [-0.15, -0.1) is 0 Å². The van der Waals surface area contributed by atoms with E-state index in [9.17, 15) is 18.0 Å². The second-order valence-corrected chi connectivity index (χ2v) is 4.46. The number of carboxylic acid groups (broad SMARTS) is 1. The number of carbonyl (C=O) groups is 1. The zero-order valence-electron chi connectivity index (χ0n) is 10.3. The Morgan fingerprint density at radius 2 is 2.10 bits per heavy atom. The third kappa shape index (κ3) is 3.63. The molecule has 0 unspecified atom stereocenters. The first kappa shape index (κ1) is 15.1. The Morgan fingerprint density at radius 1 is 1.38 bits per heavy atom. The van der Waals surface area contributed by atoms with E-state index < -0.39 is 17.7 Å². The lowest BCUT2D eigenvalue weighted by Gasteiger charge is -2.05. The molecule has 110 valence electrons. The van der Waals surface area contributed by atoms with Crippen LogP contribution in [0.25, 0.3) is 11.8 Å². The number of nitrogens with zero attached hydrogens (tertiary/aromatic N) is 2. The van der Waals surface area contributed by atoms with Crippen LogP contribution in [-0.2, 0) is 11.0 Å². The van der Waals surface area contributed by atoms with Crippen LogP contribution < -0.4 is 0 Å². The summed E-state index contributed by atoms with van der Waals surface area (Å²) >= 11 is 5.98. The number of aromatic nitrogens is 2. The zero-order chi connectivity index (χ0) is 15.6. The fraction of sp³-hybridized carbons (Fsp3) is 0.0769. The topological polar surface area (TPSA) is 55.1 Å². The number of halogens is 4. The third-order valence-electron chi connectivity index (χ3n) is 2.55. The van der Waals surface area contributed by atoms with Gasteiger partial charge in [-0.1, -0.05) is 17.7 Å². The molecule has 0 atom stereocenters. The summed E-state index contributed by atoms with van der Waals surface area (Å²) in [6, 6.07) is 4.41. The van der Waals surface area contributed by atoms with Crippen molar-refractivity contribution in [2.75, 3.05) is 0 Å². The lowest BCUT2D eigenvalue weighted by Crippen LogP contribution is -2.03. The average Bonchev–Trinajstić information content (AvgIpc) is 2.85. The van der Waals surface area contributed by atoms with Crippen molar-refractivity contribution in [2.24, 2.45) is 0 Å². The molecule has 4 nitrogen and oxygen atoms in total. The van der Waals surface area contributed by atoms with Gasteiger partial charge >= 0.3 is 12.1 Å². The van der Waals surface area contributed by atoms with Crippen molar-refractivity contribution >= 4 is 23.6 Å². The van der Waals surface area contributed by atoms with Crippen LogP contribution in [0.3, 0.4) is 0 Å². The molecule has 1 N–H and O–H groups in total. The predicted octanol–water partition coefficient (Wildman–Crippen LogP) is 3.64. The lowest BCUT2D eigenvalue weighted by molar-refractivity contribution is -0.137. The van der Waals surface area contributed by atoms with Gasteiger partial charge in [-0.3, -0.25) is 0 Å². The van der Waals surface area contributed by atoms with E-state index in [0.29, 0.717) is 11.8 Å². The van der Waals surface area contributed by atoms with Crippen LogP contribution >= 0.6 is 11.6 Å². The Balaban J connectivity index is 2.33. The molecule has 0 bridgehead atoms. The molecular weight excluding hydrogens is 309 g/mol. The number of aliphatic carboxylic acids is 1. The molecule has 0 fully saturated rings. The van der Waals surface area contributed by atoms with Gasteiger partial charge in [-0.05, 0) is 23.8 Å². The molecule has 0 aliphatic heterocycles. The summed E-state index contributed by atoms with van der Waals surface area (Å²) in [6.07, 6.45) is -0.694. The molecule has 0 saturated heterocycles. The number of benzene rings is 1. The summed E-state index contributed by atoms with van der Waals surface area (Å²) in [4.78, 5) is 10.4. The number of rotatable bonds is 3. The van der Waals surface area contributed by atoms with Crippen molar-refractivity contribution in [1.82, 2.24) is 9.78 Å². The number of carboxylic acids is 1. The minimum Gasteiger partial charge on any atom is -0.478 e.